The van der Waals surface area contributed by atoms with Crippen LogP contribution in [0.4, 0.5) is 5.95 Å². The first-order valence-corrected chi connectivity index (χ1v) is 8.95. The maximum Gasteiger partial charge on any atom is 0.293 e. The van der Waals surface area contributed by atoms with Gasteiger partial charge in [-0.05, 0) is 24.1 Å². The number of aromatic nitrogens is 6. The van der Waals surface area contributed by atoms with Gasteiger partial charge in [-0.25, -0.2) is 4.98 Å². The highest BCUT2D eigenvalue weighted by Crippen LogP contribution is 2.19. The van der Waals surface area contributed by atoms with Crippen LogP contribution in [0.2, 0.25) is 0 Å². The van der Waals surface area contributed by atoms with Crippen LogP contribution in [0.25, 0.3) is 0 Å². The third-order valence-electron chi connectivity index (χ3n) is 4.59. The third-order valence-corrected chi connectivity index (χ3v) is 4.59. The number of aryl methyl sites for hydroxylation is 2. The predicted octanol–water partition coefficient (Wildman–Crippen LogP) is 0.391. The molecule has 3 heterocycles. The molecule has 1 aromatic carbocycles. The molecule has 10 nitrogen and oxygen atoms in total. The fraction of sp³-hybridized carbons (Fsp3) is 0.333. The minimum Gasteiger partial charge on any atom is -0.337 e. The lowest BCUT2D eigenvalue weighted by Crippen LogP contribution is -2.47. The maximum atomic E-state index is 12.7. The van der Waals surface area contributed by atoms with Crippen LogP contribution in [0, 0.1) is 6.92 Å². The second kappa shape index (κ2) is 7.22. The van der Waals surface area contributed by atoms with Crippen molar-refractivity contribution in [1.29, 1.82) is 0 Å². The molecule has 28 heavy (non-hydrogen) atoms. The molecule has 0 bridgehead atoms. The normalized spacial score (nSPS) is 16.6. The Labute approximate surface area is 161 Å². The monoisotopic (exact) mass is 380 g/mol. The summed E-state index contributed by atoms with van der Waals surface area (Å²) in [6, 6.07) is 8.95. The predicted molar refractivity (Wildman–Crippen MR) is 99.6 cm³/mol. The first-order chi connectivity index (χ1) is 13.5. The van der Waals surface area contributed by atoms with E-state index in [1.807, 2.05) is 48.0 Å². The van der Waals surface area contributed by atoms with E-state index in [1.165, 1.54) is 9.70 Å². The molecule has 1 aliphatic heterocycles. The number of amides is 2. The number of tetrazole rings is 1. The quantitative estimate of drug-likeness (QED) is 0.701. The Morgan fingerprint density at radius 1 is 1.29 bits per heavy atom. The molecule has 0 aliphatic carbocycles. The summed E-state index contributed by atoms with van der Waals surface area (Å²) >= 11 is 0. The fourth-order valence-electron chi connectivity index (χ4n) is 3.19. The number of anilines is 1. The number of carbonyl (C=O) groups is 2. The van der Waals surface area contributed by atoms with Crippen molar-refractivity contribution < 1.29 is 9.59 Å². The van der Waals surface area contributed by atoms with Crippen LogP contribution < -0.4 is 10.2 Å². The molecule has 0 radical (unpaired) electrons. The fourth-order valence-corrected chi connectivity index (χ4v) is 3.19. The van der Waals surface area contributed by atoms with E-state index in [0.29, 0.717) is 25.5 Å². The molecule has 0 spiro atoms. The van der Waals surface area contributed by atoms with E-state index in [4.69, 9.17) is 0 Å². The Balaban J connectivity index is 1.44. The summed E-state index contributed by atoms with van der Waals surface area (Å²) in [6.07, 6.45) is 2.34. The standard InChI is InChI=1S/C18H20N8O2/c1-12-10-25-9-8-14(17(28)24(2)18(25)19-12)20-16(27)15-21-23-26(22-15)11-13-6-4-3-5-7-13/h3-7,10,14H,8-9,11H2,1-2H3,(H,20,27). The zero-order valence-electron chi connectivity index (χ0n) is 15.6. The first-order valence-electron chi connectivity index (χ1n) is 8.95. The van der Waals surface area contributed by atoms with Crippen molar-refractivity contribution in [3.8, 4) is 0 Å². The molecule has 4 rings (SSSR count). The number of rotatable bonds is 4. The summed E-state index contributed by atoms with van der Waals surface area (Å²) in [5.41, 5.74) is 1.84. The number of nitrogens with zero attached hydrogens (tertiary/aromatic N) is 7. The minimum absolute atomic E-state index is 0.0655. The number of benzene rings is 1. The molecule has 0 fully saturated rings. The van der Waals surface area contributed by atoms with Crippen molar-refractivity contribution in [2.45, 2.75) is 32.5 Å². The van der Waals surface area contributed by atoms with Crippen LogP contribution in [0.3, 0.4) is 0 Å². The van der Waals surface area contributed by atoms with Gasteiger partial charge >= 0.3 is 0 Å². The lowest BCUT2D eigenvalue weighted by atomic mass is 10.2. The zero-order valence-corrected chi connectivity index (χ0v) is 15.6. The van der Waals surface area contributed by atoms with Crippen LogP contribution in [0.15, 0.2) is 36.5 Å². The highest BCUT2D eigenvalue weighted by Gasteiger charge is 2.31. The number of hydrogen-bond acceptors (Lipinski definition) is 6. The van der Waals surface area contributed by atoms with E-state index < -0.39 is 11.9 Å². The lowest BCUT2D eigenvalue weighted by molar-refractivity contribution is -0.120. The molecular formula is C18H20N8O2. The van der Waals surface area contributed by atoms with Gasteiger partial charge in [-0.15, -0.1) is 10.2 Å². The molecule has 1 aliphatic rings. The van der Waals surface area contributed by atoms with E-state index in [-0.39, 0.29) is 11.7 Å². The Kier molecular flexibility index (Phi) is 4.60. The smallest absolute Gasteiger partial charge is 0.293 e. The highest BCUT2D eigenvalue weighted by atomic mass is 16.2. The van der Waals surface area contributed by atoms with Crippen molar-refractivity contribution in [2.75, 3.05) is 11.9 Å². The van der Waals surface area contributed by atoms with Gasteiger partial charge < -0.3 is 9.88 Å². The average molecular weight is 380 g/mol. The molecule has 3 aromatic rings. The molecule has 2 aromatic heterocycles. The Bertz CT molecular complexity index is 1010. The average Bonchev–Trinajstić information content (AvgIpc) is 3.28. The molecule has 2 amide bonds. The summed E-state index contributed by atoms with van der Waals surface area (Å²) in [7, 11) is 1.65. The molecule has 0 saturated carbocycles. The van der Waals surface area contributed by atoms with Gasteiger partial charge in [-0.1, -0.05) is 30.3 Å². The van der Waals surface area contributed by atoms with Crippen molar-refractivity contribution in [3.05, 3.63) is 53.6 Å². The van der Waals surface area contributed by atoms with Gasteiger partial charge in [0, 0.05) is 19.8 Å². The van der Waals surface area contributed by atoms with E-state index in [2.05, 4.69) is 25.7 Å². The number of hydrogen-bond donors (Lipinski definition) is 1. The van der Waals surface area contributed by atoms with Gasteiger partial charge in [0.1, 0.15) is 6.04 Å². The molecule has 1 N–H and O–H groups in total. The van der Waals surface area contributed by atoms with Crippen molar-refractivity contribution >= 4 is 17.8 Å². The van der Waals surface area contributed by atoms with Gasteiger partial charge in [-0.3, -0.25) is 14.5 Å². The second-order valence-electron chi connectivity index (χ2n) is 6.72. The summed E-state index contributed by atoms with van der Waals surface area (Å²) in [4.78, 5) is 32.4. The van der Waals surface area contributed by atoms with Crippen LogP contribution in [-0.2, 0) is 17.9 Å². The molecule has 1 atom stereocenters. The Morgan fingerprint density at radius 3 is 2.86 bits per heavy atom. The summed E-state index contributed by atoms with van der Waals surface area (Å²) in [6.45, 7) is 2.86. The number of likely N-dealkylation sites (N-methyl/N-ethyl adjacent to an activating group) is 1. The minimum atomic E-state index is -0.680. The van der Waals surface area contributed by atoms with Gasteiger partial charge in [0.25, 0.3) is 17.6 Å². The van der Waals surface area contributed by atoms with Crippen LogP contribution in [0.5, 0.6) is 0 Å². The topological polar surface area (TPSA) is 111 Å². The van der Waals surface area contributed by atoms with Gasteiger partial charge in [0.2, 0.25) is 5.95 Å². The van der Waals surface area contributed by atoms with Crippen molar-refractivity contribution in [1.82, 2.24) is 35.1 Å². The van der Waals surface area contributed by atoms with Gasteiger partial charge in [-0.2, -0.15) is 4.80 Å². The molecule has 1 unspecified atom stereocenters. The van der Waals surface area contributed by atoms with E-state index in [9.17, 15) is 9.59 Å². The van der Waals surface area contributed by atoms with E-state index in [1.54, 1.807) is 7.05 Å². The Morgan fingerprint density at radius 2 is 2.07 bits per heavy atom. The number of imidazole rings is 1. The molecule has 10 heteroatoms. The zero-order chi connectivity index (χ0) is 19.7. The van der Waals surface area contributed by atoms with Gasteiger partial charge in [0.15, 0.2) is 0 Å². The Hall–Kier alpha value is -3.56. The molecular weight excluding hydrogens is 360 g/mol. The third kappa shape index (κ3) is 3.48. The number of carbonyl (C=O) groups excluding carboxylic acids is 2. The maximum absolute atomic E-state index is 12.7. The number of nitrogens with one attached hydrogen (secondary N) is 1. The van der Waals surface area contributed by atoms with Crippen molar-refractivity contribution in [2.24, 2.45) is 0 Å². The lowest BCUT2D eigenvalue weighted by Gasteiger charge is -2.19. The SMILES string of the molecule is Cc1cn2c(n1)N(C)C(=O)C(NC(=O)c1nnn(Cc3ccccc3)n1)CC2. The van der Waals surface area contributed by atoms with Crippen LogP contribution >= 0.6 is 0 Å². The molecule has 144 valence electrons. The second-order valence-corrected chi connectivity index (χ2v) is 6.72. The summed E-state index contributed by atoms with van der Waals surface area (Å²) in [5.74, 6) is -0.244. The summed E-state index contributed by atoms with van der Waals surface area (Å²) < 4.78 is 1.91. The van der Waals surface area contributed by atoms with E-state index in [0.717, 1.165) is 11.3 Å². The summed E-state index contributed by atoms with van der Waals surface area (Å²) in [5, 5.41) is 14.6. The highest BCUT2D eigenvalue weighted by molar-refractivity contribution is 6.00. The van der Waals surface area contributed by atoms with E-state index >= 15 is 0 Å². The molecule has 0 saturated heterocycles. The van der Waals surface area contributed by atoms with Crippen LogP contribution in [0.1, 0.15) is 28.3 Å². The number of fused-ring (bicyclic) bond motifs is 1. The van der Waals surface area contributed by atoms with Crippen molar-refractivity contribution in [3.63, 3.8) is 0 Å². The van der Waals surface area contributed by atoms with Crippen LogP contribution in [-0.4, -0.2) is 54.7 Å². The largest absolute Gasteiger partial charge is 0.337 e. The van der Waals surface area contributed by atoms with Gasteiger partial charge in [0.05, 0.1) is 12.2 Å². The first kappa shape index (κ1) is 17.8.